The van der Waals surface area contributed by atoms with Crippen LogP contribution in [-0.2, 0) is 6.54 Å². The molecule has 0 aliphatic carbocycles. The molecule has 1 aromatic carbocycles. The maximum Gasteiger partial charge on any atom is 0.270 e. The van der Waals surface area contributed by atoms with Gasteiger partial charge in [0.1, 0.15) is 11.4 Å². The Hall–Kier alpha value is -3.09. The summed E-state index contributed by atoms with van der Waals surface area (Å²) in [5.74, 6) is 0.563. The van der Waals surface area contributed by atoms with Gasteiger partial charge in [0.2, 0.25) is 0 Å². The van der Waals surface area contributed by atoms with E-state index in [0.717, 1.165) is 12.0 Å². The highest BCUT2D eigenvalue weighted by molar-refractivity contribution is 5.96. The molecule has 7 nitrogen and oxygen atoms in total. The minimum absolute atomic E-state index is 0.189. The fourth-order valence-electron chi connectivity index (χ4n) is 2.28. The van der Waals surface area contributed by atoms with Crippen LogP contribution in [-0.4, -0.2) is 37.6 Å². The number of benzene rings is 1. The number of nitrogens with one attached hydrogen (secondary N) is 2. The van der Waals surface area contributed by atoms with Gasteiger partial charge in [0.15, 0.2) is 11.5 Å². The van der Waals surface area contributed by atoms with Gasteiger partial charge in [0, 0.05) is 13.1 Å². The van der Waals surface area contributed by atoms with E-state index in [1.807, 2.05) is 13.0 Å². The second-order valence-electron chi connectivity index (χ2n) is 5.54. The lowest BCUT2D eigenvalue weighted by Crippen LogP contribution is -2.27. The predicted molar refractivity (Wildman–Crippen MR) is 97.6 cm³/mol. The van der Waals surface area contributed by atoms with Gasteiger partial charge in [-0.2, -0.15) is 0 Å². The Morgan fingerprint density at radius 2 is 1.62 bits per heavy atom. The number of hydrogen-bond donors (Lipinski definition) is 2. The van der Waals surface area contributed by atoms with Crippen molar-refractivity contribution in [2.75, 3.05) is 20.8 Å². The van der Waals surface area contributed by atoms with E-state index in [0.29, 0.717) is 24.6 Å². The van der Waals surface area contributed by atoms with Gasteiger partial charge in [-0.3, -0.25) is 9.59 Å². The van der Waals surface area contributed by atoms with Crippen molar-refractivity contribution >= 4 is 11.8 Å². The van der Waals surface area contributed by atoms with E-state index in [2.05, 4.69) is 15.6 Å². The number of carbonyl (C=O) groups is 2. The van der Waals surface area contributed by atoms with Gasteiger partial charge in [-0.1, -0.05) is 19.1 Å². The number of rotatable bonds is 8. The van der Waals surface area contributed by atoms with Crippen LogP contribution in [0.1, 0.15) is 39.9 Å². The number of nitrogens with zero attached hydrogens (tertiary/aromatic N) is 1. The summed E-state index contributed by atoms with van der Waals surface area (Å²) in [7, 11) is 3.12. The zero-order chi connectivity index (χ0) is 18.9. The zero-order valence-electron chi connectivity index (χ0n) is 15.2. The van der Waals surface area contributed by atoms with Gasteiger partial charge in [0.25, 0.3) is 11.8 Å². The molecule has 7 heteroatoms. The molecule has 0 unspecified atom stereocenters. The van der Waals surface area contributed by atoms with Gasteiger partial charge >= 0.3 is 0 Å². The van der Waals surface area contributed by atoms with Gasteiger partial charge < -0.3 is 20.1 Å². The number of methoxy groups -OCH3 is 2. The average Bonchev–Trinajstić information content (AvgIpc) is 2.69. The SMILES string of the molecule is CCCNC(=O)c1cccc(C(=O)NCc2ccc(OC)c(OC)c2)n1. The monoisotopic (exact) mass is 357 g/mol. The summed E-state index contributed by atoms with van der Waals surface area (Å²) in [5.41, 5.74) is 1.26. The first-order valence-corrected chi connectivity index (χ1v) is 8.33. The Morgan fingerprint density at radius 3 is 2.23 bits per heavy atom. The van der Waals surface area contributed by atoms with E-state index in [1.165, 1.54) is 0 Å². The average molecular weight is 357 g/mol. The molecule has 0 spiro atoms. The molecule has 0 saturated carbocycles. The molecule has 0 aliphatic heterocycles. The van der Waals surface area contributed by atoms with Crippen LogP contribution < -0.4 is 20.1 Å². The van der Waals surface area contributed by atoms with Crippen LogP contribution in [0.2, 0.25) is 0 Å². The van der Waals surface area contributed by atoms with Crippen molar-refractivity contribution < 1.29 is 19.1 Å². The van der Waals surface area contributed by atoms with Crippen molar-refractivity contribution in [2.24, 2.45) is 0 Å². The summed E-state index contributed by atoms with van der Waals surface area (Å²) in [6.07, 6.45) is 0.831. The molecule has 2 rings (SSSR count). The summed E-state index contributed by atoms with van der Waals surface area (Å²) >= 11 is 0. The van der Waals surface area contributed by atoms with Crippen LogP contribution in [0.5, 0.6) is 11.5 Å². The normalized spacial score (nSPS) is 10.1. The third-order valence-corrected chi connectivity index (χ3v) is 3.65. The molecule has 1 aromatic heterocycles. The molecule has 0 atom stereocenters. The third-order valence-electron chi connectivity index (χ3n) is 3.65. The standard InChI is InChI=1S/C19H23N3O4/c1-4-10-20-18(23)14-6-5-7-15(22-14)19(24)21-12-13-8-9-16(25-2)17(11-13)26-3/h5-9,11H,4,10,12H2,1-3H3,(H,20,23)(H,21,24). The van der Waals surface area contributed by atoms with Crippen LogP contribution in [0.4, 0.5) is 0 Å². The van der Waals surface area contributed by atoms with Crippen LogP contribution in [0.25, 0.3) is 0 Å². The van der Waals surface area contributed by atoms with E-state index in [-0.39, 0.29) is 23.2 Å². The minimum Gasteiger partial charge on any atom is -0.493 e. The van der Waals surface area contributed by atoms with Crippen molar-refractivity contribution in [3.63, 3.8) is 0 Å². The van der Waals surface area contributed by atoms with Crippen molar-refractivity contribution in [1.82, 2.24) is 15.6 Å². The van der Waals surface area contributed by atoms with Gasteiger partial charge in [-0.25, -0.2) is 4.98 Å². The smallest absolute Gasteiger partial charge is 0.270 e. The van der Waals surface area contributed by atoms with Crippen molar-refractivity contribution in [3.8, 4) is 11.5 Å². The molecular formula is C19H23N3O4. The Balaban J connectivity index is 2.03. The van der Waals surface area contributed by atoms with E-state index >= 15 is 0 Å². The molecule has 0 aliphatic rings. The summed E-state index contributed by atoms with van der Waals surface area (Å²) in [4.78, 5) is 28.4. The molecule has 0 radical (unpaired) electrons. The zero-order valence-corrected chi connectivity index (χ0v) is 15.2. The molecule has 2 aromatic rings. The maximum atomic E-state index is 12.3. The van der Waals surface area contributed by atoms with E-state index < -0.39 is 0 Å². The van der Waals surface area contributed by atoms with Crippen molar-refractivity contribution in [1.29, 1.82) is 0 Å². The van der Waals surface area contributed by atoms with Crippen LogP contribution in [0.15, 0.2) is 36.4 Å². The highest BCUT2D eigenvalue weighted by Crippen LogP contribution is 2.27. The number of aromatic nitrogens is 1. The first-order chi connectivity index (χ1) is 12.6. The van der Waals surface area contributed by atoms with E-state index in [4.69, 9.17) is 9.47 Å². The first kappa shape index (κ1) is 19.2. The molecule has 0 fully saturated rings. The highest BCUT2D eigenvalue weighted by atomic mass is 16.5. The summed E-state index contributed by atoms with van der Waals surface area (Å²) in [5, 5.41) is 5.52. The van der Waals surface area contributed by atoms with Crippen molar-refractivity contribution in [3.05, 3.63) is 53.3 Å². The van der Waals surface area contributed by atoms with Crippen molar-refractivity contribution in [2.45, 2.75) is 19.9 Å². The number of hydrogen-bond acceptors (Lipinski definition) is 5. The topological polar surface area (TPSA) is 89.6 Å². The van der Waals surface area contributed by atoms with Crippen LogP contribution in [0, 0.1) is 0 Å². The quantitative estimate of drug-likeness (QED) is 0.756. The lowest BCUT2D eigenvalue weighted by Gasteiger charge is -2.10. The van der Waals surface area contributed by atoms with Crippen LogP contribution in [0.3, 0.4) is 0 Å². The van der Waals surface area contributed by atoms with Gasteiger partial charge in [-0.15, -0.1) is 0 Å². The molecule has 2 N–H and O–H groups in total. The molecule has 0 saturated heterocycles. The molecule has 2 amide bonds. The minimum atomic E-state index is -0.357. The highest BCUT2D eigenvalue weighted by Gasteiger charge is 2.12. The Labute approximate surface area is 152 Å². The second kappa shape index (κ2) is 9.41. The lowest BCUT2D eigenvalue weighted by atomic mass is 10.2. The molecule has 0 bridgehead atoms. The first-order valence-electron chi connectivity index (χ1n) is 8.33. The second-order valence-corrected chi connectivity index (χ2v) is 5.54. The molecule has 138 valence electrons. The largest absolute Gasteiger partial charge is 0.493 e. The van der Waals surface area contributed by atoms with Gasteiger partial charge in [-0.05, 0) is 36.2 Å². The number of carbonyl (C=O) groups excluding carboxylic acids is 2. The lowest BCUT2D eigenvalue weighted by molar-refractivity contribution is 0.0942. The number of pyridine rings is 1. The van der Waals surface area contributed by atoms with Gasteiger partial charge in [0.05, 0.1) is 14.2 Å². The Kier molecular flexibility index (Phi) is 6.96. The fourth-order valence-corrected chi connectivity index (χ4v) is 2.28. The van der Waals surface area contributed by atoms with E-state index in [9.17, 15) is 9.59 Å². The maximum absolute atomic E-state index is 12.3. The summed E-state index contributed by atoms with van der Waals surface area (Å²) in [6.45, 7) is 2.83. The Morgan fingerprint density at radius 1 is 0.962 bits per heavy atom. The van der Waals surface area contributed by atoms with Crippen LogP contribution >= 0.6 is 0 Å². The van der Waals surface area contributed by atoms with E-state index in [1.54, 1.807) is 44.6 Å². The molecule has 1 heterocycles. The third kappa shape index (κ3) is 4.95. The number of amides is 2. The molecular weight excluding hydrogens is 334 g/mol. The Bertz CT molecular complexity index is 777. The number of ether oxygens (including phenoxy) is 2. The predicted octanol–water partition coefficient (Wildman–Crippen LogP) is 2.17. The fraction of sp³-hybridized carbons (Fsp3) is 0.316. The summed E-state index contributed by atoms with van der Waals surface area (Å²) < 4.78 is 10.4. The summed E-state index contributed by atoms with van der Waals surface area (Å²) in [6, 6.07) is 10.2. The molecule has 26 heavy (non-hydrogen) atoms.